The summed E-state index contributed by atoms with van der Waals surface area (Å²) in [5.41, 5.74) is 3.54. The molecule has 0 aliphatic carbocycles. The van der Waals surface area contributed by atoms with Gasteiger partial charge in [0.25, 0.3) is 0 Å². The van der Waals surface area contributed by atoms with Gasteiger partial charge in [-0.3, -0.25) is 4.79 Å². The zero-order valence-electron chi connectivity index (χ0n) is 12.2. The van der Waals surface area contributed by atoms with Crippen LogP contribution in [0.25, 0.3) is 0 Å². The molecule has 0 saturated carbocycles. The molecule has 0 aliphatic rings. The second-order valence-electron chi connectivity index (χ2n) is 5.36. The smallest absolute Gasteiger partial charge is 0.216 e. The average Bonchev–Trinajstić information content (AvgIpc) is 2.30. The van der Waals surface area contributed by atoms with E-state index in [9.17, 15) is 4.79 Å². The number of benzene rings is 1. The maximum Gasteiger partial charge on any atom is 0.216 e. The van der Waals surface area contributed by atoms with Gasteiger partial charge >= 0.3 is 0 Å². The number of nitrogens with one attached hydrogen (secondary N) is 1. The number of hydrogen-bond acceptors (Lipinski definition) is 2. The maximum atomic E-state index is 11.0. The Morgan fingerprint density at radius 2 is 1.89 bits per heavy atom. The molecule has 1 aromatic rings. The Bertz CT molecular complexity index is 450. The first-order valence-electron chi connectivity index (χ1n) is 6.18. The molecule has 100 valence electrons. The van der Waals surface area contributed by atoms with E-state index in [1.807, 2.05) is 6.07 Å². The Balaban J connectivity index is 3.09. The van der Waals surface area contributed by atoms with E-state index in [4.69, 9.17) is 4.74 Å². The topological polar surface area (TPSA) is 38.3 Å². The summed E-state index contributed by atoms with van der Waals surface area (Å²) in [5.74, 6) is 0.914. The third kappa shape index (κ3) is 3.03. The van der Waals surface area contributed by atoms with Crippen LogP contribution in [0.2, 0.25) is 0 Å². The van der Waals surface area contributed by atoms with E-state index in [1.165, 1.54) is 11.1 Å². The van der Waals surface area contributed by atoms with Crippen molar-refractivity contribution in [3.05, 3.63) is 28.8 Å². The van der Waals surface area contributed by atoms with E-state index in [1.54, 1.807) is 14.0 Å². The van der Waals surface area contributed by atoms with Crippen LogP contribution in [0, 0.1) is 13.8 Å². The van der Waals surface area contributed by atoms with E-state index in [0.717, 1.165) is 11.3 Å². The van der Waals surface area contributed by atoms with Gasteiger partial charge in [0.1, 0.15) is 5.75 Å². The Morgan fingerprint density at radius 3 is 2.39 bits per heavy atom. The molecule has 0 aliphatic heterocycles. The number of carbonyl (C=O) groups is 1. The quantitative estimate of drug-likeness (QED) is 0.891. The monoisotopic (exact) mass is 249 g/mol. The van der Waals surface area contributed by atoms with Gasteiger partial charge in [0.15, 0.2) is 0 Å². The highest BCUT2D eigenvalue weighted by Crippen LogP contribution is 2.31. The van der Waals surface area contributed by atoms with Gasteiger partial charge in [-0.1, -0.05) is 19.9 Å². The van der Waals surface area contributed by atoms with Crippen LogP contribution in [0.4, 0.5) is 0 Å². The van der Waals surface area contributed by atoms with Crippen LogP contribution >= 0.6 is 0 Å². The molecule has 1 N–H and O–H groups in total. The SMILES string of the molecule is COc1ccc(C(C)(C)CNC(C)=O)c(C)c1C. The van der Waals surface area contributed by atoms with Gasteiger partial charge in [-0.15, -0.1) is 0 Å². The second kappa shape index (κ2) is 5.42. The molecule has 0 radical (unpaired) electrons. The molecule has 18 heavy (non-hydrogen) atoms. The van der Waals surface area contributed by atoms with Crippen LogP contribution in [0.1, 0.15) is 37.5 Å². The molecule has 0 saturated heterocycles. The Morgan fingerprint density at radius 1 is 1.28 bits per heavy atom. The Labute approximate surface area is 110 Å². The predicted octanol–water partition coefficient (Wildman–Crippen LogP) is 2.73. The summed E-state index contributed by atoms with van der Waals surface area (Å²) in [4.78, 5) is 11.0. The number of carbonyl (C=O) groups excluding carboxylic acids is 1. The zero-order chi connectivity index (χ0) is 13.9. The van der Waals surface area contributed by atoms with Crippen LogP contribution in [0.15, 0.2) is 12.1 Å². The minimum Gasteiger partial charge on any atom is -0.496 e. The summed E-state index contributed by atoms with van der Waals surface area (Å²) >= 11 is 0. The molecule has 0 fully saturated rings. The molecule has 0 bridgehead atoms. The highest BCUT2D eigenvalue weighted by Gasteiger charge is 2.24. The van der Waals surface area contributed by atoms with E-state index < -0.39 is 0 Å². The molecule has 1 amide bonds. The van der Waals surface area contributed by atoms with E-state index >= 15 is 0 Å². The first-order chi connectivity index (χ1) is 8.29. The lowest BCUT2D eigenvalue weighted by Gasteiger charge is -2.28. The maximum absolute atomic E-state index is 11.0. The normalized spacial score (nSPS) is 11.2. The fraction of sp³-hybridized carbons (Fsp3) is 0.533. The number of ether oxygens (including phenoxy) is 1. The predicted molar refractivity (Wildman–Crippen MR) is 74.2 cm³/mol. The van der Waals surface area contributed by atoms with E-state index in [0.29, 0.717) is 6.54 Å². The third-order valence-corrected chi connectivity index (χ3v) is 3.47. The molecule has 3 nitrogen and oxygen atoms in total. The molecule has 3 heteroatoms. The van der Waals surface area contributed by atoms with Crippen molar-refractivity contribution in [2.24, 2.45) is 0 Å². The number of amides is 1. The minimum atomic E-state index is -0.0905. The first kappa shape index (κ1) is 14.6. The van der Waals surface area contributed by atoms with Crippen LogP contribution in [0.5, 0.6) is 5.75 Å². The standard InChI is InChI=1S/C15H23NO2/c1-10-11(2)14(18-6)8-7-13(10)15(4,5)9-16-12(3)17/h7-8H,9H2,1-6H3,(H,16,17). The van der Waals surface area contributed by atoms with Crippen molar-refractivity contribution in [2.45, 2.75) is 40.0 Å². The van der Waals surface area contributed by atoms with Gasteiger partial charge in [-0.05, 0) is 36.6 Å². The van der Waals surface area contributed by atoms with Gasteiger partial charge in [-0.2, -0.15) is 0 Å². The van der Waals surface area contributed by atoms with Crippen LogP contribution < -0.4 is 10.1 Å². The zero-order valence-corrected chi connectivity index (χ0v) is 12.2. The van der Waals surface area contributed by atoms with Gasteiger partial charge in [0.05, 0.1) is 7.11 Å². The molecule has 1 rings (SSSR count). The minimum absolute atomic E-state index is 0.00552. The van der Waals surface area contributed by atoms with Crippen molar-refractivity contribution < 1.29 is 9.53 Å². The summed E-state index contributed by atoms with van der Waals surface area (Å²) in [6.07, 6.45) is 0. The molecular weight excluding hydrogens is 226 g/mol. The summed E-state index contributed by atoms with van der Waals surface area (Å²) < 4.78 is 5.32. The lowest BCUT2D eigenvalue weighted by Crippen LogP contribution is -2.36. The Kier molecular flexibility index (Phi) is 4.38. The van der Waals surface area contributed by atoms with Crippen molar-refractivity contribution in [2.75, 3.05) is 13.7 Å². The number of methoxy groups -OCH3 is 1. The van der Waals surface area contributed by atoms with Gasteiger partial charge in [-0.25, -0.2) is 0 Å². The molecule has 0 atom stereocenters. The highest BCUT2D eigenvalue weighted by atomic mass is 16.5. The second-order valence-corrected chi connectivity index (χ2v) is 5.36. The number of rotatable bonds is 4. The van der Waals surface area contributed by atoms with Gasteiger partial charge in [0, 0.05) is 18.9 Å². The summed E-state index contributed by atoms with van der Waals surface area (Å²) in [5, 5.41) is 2.89. The van der Waals surface area contributed by atoms with Crippen LogP contribution in [-0.4, -0.2) is 19.6 Å². The summed E-state index contributed by atoms with van der Waals surface area (Å²) in [6.45, 7) is 10.6. The Hall–Kier alpha value is -1.51. The summed E-state index contributed by atoms with van der Waals surface area (Å²) in [7, 11) is 1.68. The molecule has 0 unspecified atom stereocenters. The first-order valence-corrected chi connectivity index (χ1v) is 6.18. The number of hydrogen-bond donors (Lipinski definition) is 1. The van der Waals surface area contributed by atoms with Crippen LogP contribution in [0.3, 0.4) is 0 Å². The van der Waals surface area contributed by atoms with Crippen molar-refractivity contribution in [3.8, 4) is 5.75 Å². The van der Waals surface area contributed by atoms with Crippen molar-refractivity contribution in [3.63, 3.8) is 0 Å². The average molecular weight is 249 g/mol. The largest absolute Gasteiger partial charge is 0.496 e. The van der Waals surface area contributed by atoms with E-state index in [-0.39, 0.29) is 11.3 Å². The fourth-order valence-electron chi connectivity index (χ4n) is 2.19. The lowest BCUT2D eigenvalue weighted by atomic mass is 9.80. The molecular formula is C15H23NO2. The molecule has 0 spiro atoms. The highest BCUT2D eigenvalue weighted by molar-refractivity contribution is 5.73. The molecule has 0 aromatic heterocycles. The van der Waals surface area contributed by atoms with Crippen molar-refractivity contribution in [1.29, 1.82) is 0 Å². The van der Waals surface area contributed by atoms with Gasteiger partial charge in [0.2, 0.25) is 5.91 Å². The molecule has 0 heterocycles. The lowest BCUT2D eigenvalue weighted by molar-refractivity contribution is -0.119. The van der Waals surface area contributed by atoms with Crippen LogP contribution in [-0.2, 0) is 10.2 Å². The van der Waals surface area contributed by atoms with E-state index in [2.05, 4.69) is 39.1 Å². The molecule has 1 aromatic carbocycles. The summed E-state index contributed by atoms with van der Waals surface area (Å²) in [6, 6.07) is 4.08. The fourth-order valence-corrected chi connectivity index (χ4v) is 2.19. The van der Waals surface area contributed by atoms with Gasteiger partial charge < -0.3 is 10.1 Å². The third-order valence-electron chi connectivity index (χ3n) is 3.47. The van der Waals surface area contributed by atoms with Crippen molar-refractivity contribution >= 4 is 5.91 Å². The van der Waals surface area contributed by atoms with Crippen molar-refractivity contribution in [1.82, 2.24) is 5.32 Å².